The zero-order chi connectivity index (χ0) is 13.1. The molecule has 0 saturated heterocycles. The lowest BCUT2D eigenvalue weighted by atomic mass is 10.0. The van der Waals surface area contributed by atoms with Crippen LogP contribution in [0.3, 0.4) is 0 Å². The fourth-order valence-electron chi connectivity index (χ4n) is 1.70. The topological polar surface area (TPSA) is 68.8 Å². The molecule has 1 atom stereocenters. The normalized spacial score (nSPS) is 12.7. The Labute approximate surface area is 118 Å². The van der Waals surface area contributed by atoms with Crippen LogP contribution in [-0.2, 0) is 13.5 Å². The first kappa shape index (κ1) is 13.5. The Kier molecular flexibility index (Phi) is 4.34. The zero-order valence-corrected chi connectivity index (χ0v) is 12.1. The van der Waals surface area contributed by atoms with Crippen molar-refractivity contribution >= 4 is 27.5 Å². The van der Waals surface area contributed by atoms with E-state index in [0.717, 1.165) is 15.7 Å². The molecule has 3 N–H and O–H groups in total. The maximum Gasteiger partial charge on any atom is 0.0846 e. The molecule has 7 heteroatoms. The standard InChI is InChI=1S/C11H13BrClN5/c1-18-6-8(16-17-18)5-11(15-14)7-2-3-9(12)10(13)4-7/h2-4,6,11,15H,5,14H2,1H3. The summed E-state index contributed by atoms with van der Waals surface area (Å²) >= 11 is 9.44. The highest BCUT2D eigenvalue weighted by atomic mass is 79.9. The molecule has 1 unspecified atom stereocenters. The van der Waals surface area contributed by atoms with Gasteiger partial charge in [-0.25, -0.2) is 0 Å². The minimum absolute atomic E-state index is 0.0488. The average molecular weight is 331 g/mol. The van der Waals surface area contributed by atoms with Crippen molar-refractivity contribution in [1.82, 2.24) is 20.4 Å². The first-order chi connectivity index (χ1) is 8.60. The number of hydrogen-bond acceptors (Lipinski definition) is 4. The summed E-state index contributed by atoms with van der Waals surface area (Å²) < 4.78 is 2.53. The van der Waals surface area contributed by atoms with Crippen molar-refractivity contribution in [3.63, 3.8) is 0 Å². The third-order valence-electron chi connectivity index (χ3n) is 2.61. The Balaban J connectivity index is 2.19. The number of nitrogens with zero attached hydrogens (tertiary/aromatic N) is 3. The molecule has 96 valence electrons. The summed E-state index contributed by atoms with van der Waals surface area (Å²) in [6.07, 6.45) is 2.52. The summed E-state index contributed by atoms with van der Waals surface area (Å²) in [5.74, 6) is 5.59. The zero-order valence-electron chi connectivity index (χ0n) is 9.77. The van der Waals surface area contributed by atoms with Crippen molar-refractivity contribution < 1.29 is 0 Å². The number of nitrogens with one attached hydrogen (secondary N) is 1. The van der Waals surface area contributed by atoms with Gasteiger partial charge in [0.15, 0.2) is 0 Å². The third-order valence-corrected chi connectivity index (χ3v) is 3.84. The van der Waals surface area contributed by atoms with E-state index >= 15 is 0 Å². The molecule has 1 aromatic heterocycles. The van der Waals surface area contributed by atoms with Crippen LogP contribution >= 0.6 is 27.5 Å². The lowest BCUT2D eigenvalue weighted by molar-refractivity contribution is 0.545. The van der Waals surface area contributed by atoms with Gasteiger partial charge in [0, 0.05) is 24.1 Å². The van der Waals surface area contributed by atoms with E-state index in [-0.39, 0.29) is 6.04 Å². The summed E-state index contributed by atoms with van der Waals surface area (Å²) in [6, 6.07) is 5.70. The lowest BCUT2D eigenvalue weighted by Gasteiger charge is -2.15. The molecule has 0 aliphatic carbocycles. The second-order valence-corrected chi connectivity index (χ2v) is 5.24. The summed E-state index contributed by atoms with van der Waals surface area (Å²) in [4.78, 5) is 0. The molecule has 18 heavy (non-hydrogen) atoms. The number of rotatable bonds is 4. The van der Waals surface area contributed by atoms with E-state index in [1.165, 1.54) is 0 Å². The quantitative estimate of drug-likeness (QED) is 0.664. The van der Waals surface area contributed by atoms with Crippen LogP contribution in [0.15, 0.2) is 28.9 Å². The van der Waals surface area contributed by atoms with Gasteiger partial charge in [0.05, 0.1) is 16.8 Å². The van der Waals surface area contributed by atoms with Crippen molar-refractivity contribution in [2.45, 2.75) is 12.5 Å². The SMILES string of the molecule is Cn1cc(CC(NN)c2ccc(Br)c(Cl)c2)nn1. The van der Waals surface area contributed by atoms with Crippen molar-refractivity contribution in [3.8, 4) is 0 Å². The minimum Gasteiger partial charge on any atom is -0.271 e. The van der Waals surface area contributed by atoms with Crippen molar-refractivity contribution in [1.29, 1.82) is 0 Å². The van der Waals surface area contributed by atoms with E-state index in [4.69, 9.17) is 17.4 Å². The minimum atomic E-state index is -0.0488. The van der Waals surface area contributed by atoms with Gasteiger partial charge >= 0.3 is 0 Å². The van der Waals surface area contributed by atoms with Gasteiger partial charge in [0.1, 0.15) is 0 Å². The maximum absolute atomic E-state index is 6.07. The largest absolute Gasteiger partial charge is 0.271 e. The highest BCUT2D eigenvalue weighted by Crippen LogP contribution is 2.26. The van der Waals surface area contributed by atoms with Gasteiger partial charge in [-0.05, 0) is 33.6 Å². The Morgan fingerprint density at radius 3 is 2.89 bits per heavy atom. The van der Waals surface area contributed by atoms with Crippen LogP contribution in [-0.4, -0.2) is 15.0 Å². The number of nitrogens with two attached hydrogens (primary N) is 1. The summed E-state index contributed by atoms with van der Waals surface area (Å²) in [5.41, 5.74) is 4.66. The lowest BCUT2D eigenvalue weighted by Crippen LogP contribution is -2.29. The molecule has 5 nitrogen and oxygen atoms in total. The molecule has 1 heterocycles. The van der Waals surface area contributed by atoms with Gasteiger partial charge in [0.25, 0.3) is 0 Å². The van der Waals surface area contributed by atoms with E-state index in [1.807, 2.05) is 31.4 Å². The number of benzene rings is 1. The molecule has 0 spiro atoms. The van der Waals surface area contributed by atoms with Crippen LogP contribution in [0.5, 0.6) is 0 Å². The second kappa shape index (κ2) is 5.79. The molecule has 0 fully saturated rings. The number of halogens is 2. The van der Waals surface area contributed by atoms with Gasteiger partial charge in [-0.2, -0.15) is 0 Å². The molecule has 0 aliphatic heterocycles. The van der Waals surface area contributed by atoms with Crippen molar-refractivity contribution in [2.24, 2.45) is 12.9 Å². The maximum atomic E-state index is 6.07. The van der Waals surface area contributed by atoms with E-state index in [2.05, 4.69) is 31.7 Å². The average Bonchev–Trinajstić information content (AvgIpc) is 2.75. The third kappa shape index (κ3) is 3.08. The number of hydrazine groups is 1. The molecular weight excluding hydrogens is 318 g/mol. The molecular formula is C11H13BrClN5. The van der Waals surface area contributed by atoms with Gasteiger partial charge in [-0.3, -0.25) is 16.0 Å². The molecule has 2 rings (SSSR count). The van der Waals surface area contributed by atoms with Crippen molar-refractivity contribution in [3.05, 3.63) is 45.1 Å². The van der Waals surface area contributed by atoms with Crippen LogP contribution in [0.2, 0.25) is 5.02 Å². The molecule has 1 aromatic carbocycles. The van der Waals surface area contributed by atoms with Crippen LogP contribution < -0.4 is 11.3 Å². The van der Waals surface area contributed by atoms with Gasteiger partial charge < -0.3 is 0 Å². The summed E-state index contributed by atoms with van der Waals surface area (Å²) in [5, 5.41) is 8.60. The Hall–Kier alpha value is -0.950. The predicted octanol–water partition coefficient (Wildman–Crippen LogP) is 1.98. The molecule has 0 bridgehead atoms. The van der Waals surface area contributed by atoms with Crippen LogP contribution in [0.1, 0.15) is 17.3 Å². The Bertz CT molecular complexity index is 542. The number of aromatic nitrogens is 3. The van der Waals surface area contributed by atoms with E-state index < -0.39 is 0 Å². The number of hydrogen-bond donors (Lipinski definition) is 2. The van der Waals surface area contributed by atoms with Crippen molar-refractivity contribution in [2.75, 3.05) is 0 Å². The Morgan fingerprint density at radius 1 is 1.56 bits per heavy atom. The van der Waals surface area contributed by atoms with Crippen LogP contribution in [0.25, 0.3) is 0 Å². The molecule has 2 aromatic rings. The second-order valence-electron chi connectivity index (χ2n) is 3.98. The molecule has 0 amide bonds. The van der Waals surface area contributed by atoms with Gasteiger partial charge in [-0.1, -0.05) is 22.9 Å². The van der Waals surface area contributed by atoms with E-state index in [0.29, 0.717) is 11.4 Å². The Morgan fingerprint density at radius 2 is 2.33 bits per heavy atom. The molecule has 0 saturated carbocycles. The number of aryl methyl sites for hydroxylation is 1. The molecule has 0 radical (unpaired) electrons. The van der Waals surface area contributed by atoms with Gasteiger partial charge in [0.2, 0.25) is 0 Å². The first-order valence-electron chi connectivity index (χ1n) is 5.36. The monoisotopic (exact) mass is 329 g/mol. The summed E-state index contributed by atoms with van der Waals surface area (Å²) in [7, 11) is 1.83. The van der Waals surface area contributed by atoms with Gasteiger partial charge in [-0.15, -0.1) is 5.10 Å². The first-order valence-corrected chi connectivity index (χ1v) is 6.53. The summed E-state index contributed by atoms with van der Waals surface area (Å²) in [6.45, 7) is 0. The fourth-order valence-corrected chi connectivity index (χ4v) is 2.14. The highest BCUT2D eigenvalue weighted by Gasteiger charge is 2.13. The highest BCUT2D eigenvalue weighted by molar-refractivity contribution is 9.10. The predicted molar refractivity (Wildman–Crippen MR) is 73.9 cm³/mol. The smallest absolute Gasteiger partial charge is 0.0846 e. The van der Waals surface area contributed by atoms with Crippen LogP contribution in [0, 0.1) is 0 Å². The molecule has 0 aliphatic rings. The fraction of sp³-hybridized carbons (Fsp3) is 0.273. The van der Waals surface area contributed by atoms with E-state index in [1.54, 1.807) is 4.68 Å². The van der Waals surface area contributed by atoms with E-state index in [9.17, 15) is 0 Å². The van der Waals surface area contributed by atoms with Crippen LogP contribution in [0.4, 0.5) is 0 Å².